The van der Waals surface area contributed by atoms with E-state index in [-0.39, 0.29) is 17.0 Å². The van der Waals surface area contributed by atoms with Gasteiger partial charge in [-0.15, -0.1) is 11.3 Å². The van der Waals surface area contributed by atoms with Crippen molar-refractivity contribution >= 4 is 17.0 Å². The highest BCUT2D eigenvalue weighted by atomic mass is 32.1. The van der Waals surface area contributed by atoms with Crippen molar-refractivity contribution in [3.05, 3.63) is 56.3 Å². The summed E-state index contributed by atoms with van der Waals surface area (Å²) in [5, 5.41) is 21.6. The zero-order valence-electron chi connectivity index (χ0n) is 9.91. The Morgan fingerprint density at radius 2 is 2.26 bits per heavy atom. The molecule has 2 aromatic rings. The summed E-state index contributed by atoms with van der Waals surface area (Å²) < 4.78 is 5.43. The van der Waals surface area contributed by atoms with Gasteiger partial charge < -0.3 is 4.74 Å². The van der Waals surface area contributed by atoms with E-state index >= 15 is 0 Å². The summed E-state index contributed by atoms with van der Waals surface area (Å²) >= 11 is 1.62. The number of thiophene rings is 1. The van der Waals surface area contributed by atoms with Crippen molar-refractivity contribution in [2.75, 3.05) is 6.61 Å². The summed E-state index contributed by atoms with van der Waals surface area (Å²) in [6.07, 6.45) is 0.703. The highest BCUT2D eigenvalue weighted by Crippen LogP contribution is 2.28. The van der Waals surface area contributed by atoms with Crippen LogP contribution in [0.4, 0.5) is 5.69 Å². The molecule has 19 heavy (non-hydrogen) atoms. The van der Waals surface area contributed by atoms with Crippen molar-refractivity contribution in [1.82, 2.24) is 0 Å². The topological polar surface area (TPSA) is 76.2 Å². The van der Waals surface area contributed by atoms with Crippen LogP contribution in [-0.4, -0.2) is 11.5 Å². The standard InChI is InChI=1S/C13H10N2O3S/c14-9-10-3-4-13(12(8-10)15(16)17)18-6-5-11-2-1-7-19-11/h1-4,7-8H,5-6H2. The van der Waals surface area contributed by atoms with Crippen LogP contribution in [0.1, 0.15) is 10.4 Å². The third-order valence-corrected chi connectivity index (χ3v) is 3.41. The number of benzene rings is 1. The Morgan fingerprint density at radius 1 is 1.42 bits per heavy atom. The zero-order valence-corrected chi connectivity index (χ0v) is 10.7. The Kier molecular flexibility index (Phi) is 4.11. The minimum absolute atomic E-state index is 0.176. The maximum Gasteiger partial charge on any atom is 0.312 e. The van der Waals surface area contributed by atoms with Crippen LogP contribution in [0.25, 0.3) is 0 Å². The summed E-state index contributed by atoms with van der Waals surface area (Å²) in [7, 11) is 0. The van der Waals surface area contributed by atoms with Gasteiger partial charge in [0.05, 0.1) is 23.2 Å². The average molecular weight is 274 g/mol. The normalized spacial score (nSPS) is 9.84. The third-order valence-electron chi connectivity index (χ3n) is 2.47. The van der Waals surface area contributed by atoms with Crippen molar-refractivity contribution in [1.29, 1.82) is 5.26 Å². The predicted octanol–water partition coefficient (Wildman–Crippen LogP) is 3.15. The first-order valence-corrected chi connectivity index (χ1v) is 6.42. The van der Waals surface area contributed by atoms with Crippen LogP contribution in [-0.2, 0) is 6.42 Å². The molecule has 0 unspecified atom stereocenters. The molecule has 0 fully saturated rings. The van der Waals surface area contributed by atoms with E-state index in [4.69, 9.17) is 10.00 Å². The fourth-order valence-corrected chi connectivity index (χ4v) is 2.26. The van der Waals surface area contributed by atoms with E-state index in [0.29, 0.717) is 13.0 Å². The summed E-state index contributed by atoms with van der Waals surface area (Å²) in [4.78, 5) is 11.5. The van der Waals surface area contributed by atoms with E-state index in [2.05, 4.69) is 0 Å². The van der Waals surface area contributed by atoms with Crippen LogP contribution in [0.15, 0.2) is 35.7 Å². The third kappa shape index (κ3) is 3.30. The largest absolute Gasteiger partial charge is 0.486 e. The van der Waals surface area contributed by atoms with Crippen molar-refractivity contribution in [2.45, 2.75) is 6.42 Å². The fraction of sp³-hybridized carbons (Fsp3) is 0.154. The van der Waals surface area contributed by atoms with Gasteiger partial charge in [0.25, 0.3) is 0 Å². The molecule has 2 rings (SSSR count). The zero-order chi connectivity index (χ0) is 13.7. The maximum atomic E-state index is 10.9. The number of hydrogen-bond acceptors (Lipinski definition) is 5. The monoisotopic (exact) mass is 274 g/mol. The minimum atomic E-state index is -0.540. The van der Waals surface area contributed by atoms with Crippen LogP contribution in [0.3, 0.4) is 0 Å². The second-order valence-electron chi connectivity index (χ2n) is 3.73. The molecule has 1 aromatic heterocycles. The van der Waals surface area contributed by atoms with Gasteiger partial charge >= 0.3 is 5.69 Å². The summed E-state index contributed by atoms with van der Waals surface area (Å²) in [6, 6.07) is 10.00. The van der Waals surface area contributed by atoms with E-state index in [1.807, 2.05) is 23.6 Å². The first-order valence-electron chi connectivity index (χ1n) is 5.54. The molecule has 0 bridgehead atoms. The molecule has 1 heterocycles. The van der Waals surface area contributed by atoms with E-state index in [1.165, 1.54) is 18.2 Å². The predicted molar refractivity (Wildman–Crippen MR) is 71.3 cm³/mol. The lowest BCUT2D eigenvalue weighted by molar-refractivity contribution is -0.385. The molecule has 0 aliphatic heterocycles. The Morgan fingerprint density at radius 3 is 2.89 bits per heavy atom. The van der Waals surface area contributed by atoms with Gasteiger partial charge in [0.15, 0.2) is 5.75 Å². The maximum absolute atomic E-state index is 10.9. The molecule has 0 amide bonds. The van der Waals surface area contributed by atoms with Crippen LogP contribution < -0.4 is 4.74 Å². The van der Waals surface area contributed by atoms with Gasteiger partial charge in [-0.1, -0.05) is 6.07 Å². The first-order chi connectivity index (χ1) is 9.20. The lowest BCUT2D eigenvalue weighted by Gasteiger charge is -2.06. The molecule has 0 N–H and O–H groups in total. The first kappa shape index (κ1) is 13.1. The number of nitrogens with zero attached hydrogens (tertiary/aromatic N) is 2. The Hall–Kier alpha value is -2.39. The molecule has 1 aromatic carbocycles. The van der Waals surface area contributed by atoms with Gasteiger partial charge in [-0.25, -0.2) is 0 Å². The van der Waals surface area contributed by atoms with Gasteiger partial charge in [-0.05, 0) is 23.6 Å². The Bertz CT molecular complexity index is 617. The average Bonchev–Trinajstić information content (AvgIpc) is 2.92. The lowest BCUT2D eigenvalue weighted by atomic mass is 10.2. The van der Waals surface area contributed by atoms with E-state index in [9.17, 15) is 10.1 Å². The SMILES string of the molecule is N#Cc1ccc(OCCc2cccs2)c([N+](=O)[O-])c1. The van der Waals surface area contributed by atoms with E-state index < -0.39 is 4.92 Å². The summed E-state index contributed by atoms with van der Waals surface area (Å²) in [6.45, 7) is 0.368. The molecule has 0 radical (unpaired) electrons. The second-order valence-corrected chi connectivity index (χ2v) is 4.76. The van der Waals surface area contributed by atoms with Gasteiger partial charge in [0, 0.05) is 17.4 Å². The molecule has 0 atom stereocenters. The molecule has 0 saturated carbocycles. The number of nitriles is 1. The van der Waals surface area contributed by atoms with Crippen molar-refractivity contribution in [3.63, 3.8) is 0 Å². The van der Waals surface area contributed by atoms with Crippen LogP contribution in [0, 0.1) is 21.4 Å². The fourth-order valence-electron chi connectivity index (χ4n) is 1.57. The van der Waals surface area contributed by atoms with Gasteiger partial charge in [-0.3, -0.25) is 10.1 Å². The number of hydrogen-bond donors (Lipinski definition) is 0. The second kappa shape index (κ2) is 5.98. The molecule has 0 aliphatic rings. The molecular formula is C13H10N2O3S. The number of ether oxygens (including phenoxy) is 1. The Balaban J connectivity index is 2.07. The van der Waals surface area contributed by atoms with Crippen molar-refractivity contribution in [2.24, 2.45) is 0 Å². The number of rotatable bonds is 5. The molecule has 96 valence electrons. The quantitative estimate of drug-likeness (QED) is 0.620. The Labute approximate surface area is 113 Å². The molecular weight excluding hydrogens is 264 g/mol. The van der Waals surface area contributed by atoms with Crippen LogP contribution in [0.2, 0.25) is 0 Å². The molecule has 0 aliphatic carbocycles. The van der Waals surface area contributed by atoms with Crippen molar-refractivity contribution in [3.8, 4) is 11.8 Å². The van der Waals surface area contributed by atoms with Crippen LogP contribution in [0.5, 0.6) is 5.75 Å². The number of nitro groups is 1. The van der Waals surface area contributed by atoms with Gasteiger partial charge in [0.2, 0.25) is 0 Å². The highest BCUT2D eigenvalue weighted by molar-refractivity contribution is 7.09. The summed E-state index contributed by atoms with van der Waals surface area (Å²) in [5.41, 5.74) is 0.0718. The van der Waals surface area contributed by atoms with Crippen LogP contribution >= 0.6 is 11.3 Å². The molecule has 0 saturated heterocycles. The molecule has 6 heteroatoms. The van der Waals surface area contributed by atoms with E-state index in [0.717, 1.165) is 4.88 Å². The number of nitro benzene ring substituents is 1. The molecule has 0 spiro atoms. The van der Waals surface area contributed by atoms with Gasteiger partial charge in [0.1, 0.15) is 0 Å². The highest BCUT2D eigenvalue weighted by Gasteiger charge is 2.15. The van der Waals surface area contributed by atoms with E-state index in [1.54, 1.807) is 11.3 Å². The summed E-state index contributed by atoms with van der Waals surface area (Å²) in [5.74, 6) is 0.195. The van der Waals surface area contributed by atoms with Crippen molar-refractivity contribution < 1.29 is 9.66 Å². The smallest absolute Gasteiger partial charge is 0.312 e. The molecule has 5 nitrogen and oxygen atoms in total. The lowest BCUT2D eigenvalue weighted by Crippen LogP contribution is -2.02. The van der Waals surface area contributed by atoms with Gasteiger partial charge in [-0.2, -0.15) is 5.26 Å². The minimum Gasteiger partial charge on any atom is -0.486 e.